The number of carbonyl (C=O) groups excluding carboxylic acids is 8. The number of nitrogens with zero attached hydrogens (tertiary/aromatic N) is 8. The minimum absolute atomic E-state index is 0.0199. The Labute approximate surface area is 762 Å². The summed E-state index contributed by atoms with van der Waals surface area (Å²) in [7, 11) is 0. The molecule has 8 bridgehead atoms. The Morgan fingerprint density at radius 3 is 0.485 bits per heavy atom. The summed E-state index contributed by atoms with van der Waals surface area (Å²) >= 11 is 0. The summed E-state index contributed by atoms with van der Waals surface area (Å²) in [5.74, 6) is -10.2. The first-order valence-corrected chi connectivity index (χ1v) is 42.9. The summed E-state index contributed by atoms with van der Waals surface area (Å²) in [5, 5.41) is 35.2. The molecule has 12 aromatic rings. The Kier molecular flexibility index (Phi) is 32.7. The molecule has 0 heterocycles. The molecule has 132 heavy (non-hydrogen) atoms. The summed E-state index contributed by atoms with van der Waals surface area (Å²) in [5.41, 5.74) is 6.59. The summed E-state index contributed by atoms with van der Waals surface area (Å²) < 4.78 is 77.0. The lowest BCUT2D eigenvalue weighted by atomic mass is 9.76. The van der Waals surface area contributed by atoms with Crippen LogP contribution >= 0.6 is 0 Å². The molecule has 0 N–H and O–H groups in total. The SMILES string of the molecule is CC(=O)Oc1cc(OC(C)=O)c2cc1C(CCCOc1ccc(N=Nc3ccccc3)cc1)c1cc(c(OC(C)=O)cc1OC(C)=O)C(CCCOc1ccc(N=Nc3ccccc3)cc1)c1cc(c(OC(C)=O)cc1OC(C)=O)C(CCCOc1ccc(N=Nc3ccccc3)cc1)c1cc(c(OC(C)=O)cc1OC(C)=O)C2CCCOc1ccc(N=Nc2ccccc2)cc1. The van der Waals surface area contributed by atoms with Crippen LogP contribution < -0.4 is 56.8 Å². The molecule has 1 aliphatic rings. The Morgan fingerprint density at radius 2 is 0.341 bits per heavy atom. The van der Waals surface area contributed by atoms with Gasteiger partial charge in [0.1, 0.15) is 69.0 Å². The monoisotopic (exact) mass is 1780 g/mol. The Balaban J connectivity index is 1.05. The van der Waals surface area contributed by atoms with E-state index in [9.17, 15) is 38.4 Å². The number of benzene rings is 12. The van der Waals surface area contributed by atoms with Gasteiger partial charge < -0.3 is 56.8 Å². The molecule has 0 aliphatic heterocycles. The van der Waals surface area contributed by atoms with Gasteiger partial charge in [0.15, 0.2) is 0 Å². The minimum Gasteiger partial charge on any atom is -0.494 e. The van der Waals surface area contributed by atoms with E-state index < -0.39 is 71.4 Å². The quantitative estimate of drug-likeness (QED) is 0.0152. The molecule has 0 unspecified atom stereocenters. The van der Waals surface area contributed by atoms with Crippen molar-refractivity contribution < 1.29 is 95.2 Å². The maximum atomic E-state index is 14.1. The van der Waals surface area contributed by atoms with Gasteiger partial charge in [0, 0.05) is 148 Å². The predicted molar refractivity (Wildman–Crippen MR) is 491 cm³/mol. The first kappa shape index (κ1) is 93.6. The molecule has 13 rings (SSSR count). The lowest BCUT2D eigenvalue weighted by Gasteiger charge is -2.31. The molecule has 1 aliphatic carbocycles. The van der Waals surface area contributed by atoms with Gasteiger partial charge in [0.2, 0.25) is 0 Å². The molecular formula is C104H96N8O20. The third-order valence-corrected chi connectivity index (χ3v) is 20.7. The molecule has 12 aromatic carbocycles. The van der Waals surface area contributed by atoms with Crippen molar-refractivity contribution in [2.24, 2.45) is 40.9 Å². The number of carbonyl (C=O) groups is 8. The zero-order valence-electron chi connectivity index (χ0n) is 73.9. The molecule has 672 valence electrons. The molecule has 0 spiro atoms. The number of azo groups is 4. The van der Waals surface area contributed by atoms with Crippen molar-refractivity contribution >= 4 is 93.3 Å². The van der Waals surface area contributed by atoms with Gasteiger partial charge in [-0.2, -0.15) is 40.9 Å². The topological polar surface area (TPSA) is 346 Å². The van der Waals surface area contributed by atoms with Crippen molar-refractivity contribution in [1.82, 2.24) is 0 Å². The highest BCUT2D eigenvalue weighted by molar-refractivity contribution is 5.79. The van der Waals surface area contributed by atoms with Gasteiger partial charge in [-0.15, -0.1) is 0 Å². The van der Waals surface area contributed by atoms with Gasteiger partial charge in [-0.25, -0.2) is 0 Å². The Morgan fingerprint density at radius 1 is 0.197 bits per heavy atom. The van der Waals surface area contributed by atoms with E-state index in [4.69, 9.17) is 56.8 Å². The van der Waals surface area contributed by atoms with Crippen molar-refractivity contribution in [2.75, 3.05) is 26.4 Å². The van der Waals surface area contributed by atoms with E-state index in [1.54, 1.807) is 121 Å². The fourth-order valence-corrected chi connectivity index (χ4v) is 15.2. The van der Waals surface area contributed by atoms with Gasteiger partial charge in [0.25, 0.3) is 0 Å². The van der Waals surface area contributed by atoms with Crippen LogP contribution in [0.15, 0.2) is 308 Å². The molecule has 0 saturated carbocycles. The zero-order chi connectivity index (χ0) is 92.8. The Bertz CT molecular complexity index is 5290. The van der Waals surface area contributed by atoms with Crippen molar-refractivity contribution in [2.45, 2.75) is 130 Å². The second kappa shape index (κ2) is 46.1. The largest absolute Gasteiger partial charge is 0.494 e. The van der Waals surface area contributed by atoms with Crippen LogP contribution in [0.5, 0.6) is 69.0 Å². The number of hydrogen-bond acceptors (Lipinski definition) is 28. The highest BCUT2D eigenvalue weighted by Crippen LogP contribution is 2.55. The fourth-order valence-electron chi connectivity index (χ4n) is 15.2. The minimum atomic E-state index is -1.13. The lowest BCUT2D eigenvalue weighted by molar-refractivity contribution is -0.133. The van der Waals surface area contributed by atoms with E-state index in [1.807, 2.05) is 121 Å². The Hall–Kier alpha value is -16.0. The van der Waals surface area contributed by atoms with Crippen LogP contribution in [0.2, 0.25) is 0 Å². The molecule has 28 heteroatoms. The first-order chi connectivity index (χ1) is 64.0. The molecule has 0 radical (unpaired) electrons. The number of rotatable bonds is 36. The van der Waals surface area contributed by atoms with Crippen LogP contribution in [0.3, 0.4) is 0 Å². The second-order valence-electron chi connectivity index (χ2n) is 30.8. The summed E-state index contributed by atoms with van der Waals surface area (Å²) in [4.78, 5) is 113. The standard InChI is InChI=1S/C104H96N8O20/c1-65(113)125-97-61-98(126-66(2)114)90-57-89(97)85(33-21-53-121-81-45-37-77(38-46-81)109-105-73-25-13-9-14-26-73)91-58-92(100(128-68(4)116)62-99(91)127-67(3)115)87(35-23-55-123-83-49-41-79(42-50-83)111-107-75-29-17-11-18-30-75)95-60-96(104(132-72(8)120)64-103(95)131-71(7)119)88(36-24-56-124-84-51-43-80(44-52-84)112-108-76-31-19-12-20-32-76)94-59-93(101(129-69(5)117)63-102(94)130-70(6)118)86(90)34-22-54-122-82-47-39-78(40-48-82)110-106-74-27-15-10-16-28-74/h9-20,25-32,37-52,57-64,85-88H,21-24,33-36,53-56H2,1-8H3. The van der Waals surface area contributed by atoms with Crippen molar-refractivity contribution in [3.8, 4) is 69.0 Å². The van der Waals surface area contributed by atoms with Gasteiger partial charge in [-0.3, -0.25) is 38.4 Å². The van der Waals surface area contributed by atoms with Crippen molar-refractivity contribution in [1.29, 1.82) is 0 Å². The van der Waals surface area contributed by atoms with Crippen LogP contribution in [0.25, 0.3) is 0 Å². The van der Waals surface area contributed by atoms with Gasteiger partial charge >= 0.3 is 47.8 Å². The molecule has 28 nitrogen and oxygen atoms in total. The third-order valence-electron chi connectivity index (χ3n) is 20.7. The van der Waals surface area contributed by atoms with Crippen LogP contribution in [0.1, 0.15) is 175 Å². The number of esters is 8. The summed E-state index contributed by atoms with van der Waals surface area (Å²) in [6.07, 6.45) is 0.850. The summed E-state index contributed by atoms with van der Waals surface area (Å²) in [6.45, 7) is 9.66. The van der Waals surface area contributed by atoms with Gasteiger partial charge in [0.05, 0.1) is 71.9 Å². The smallest absolute Gasteiger partial charge is 0.308 e. The van der Waals surface area contributed by atoms with E-state index in [0.29, 0.717) is 68.5 Å². The average Bonchev–Trinajstić information content (AvgIpc) is 0.741. The number of fused-ring (bicyclic) bond motifs is 8. The van der Waals surface area contributed by atoms with Gasteiger partial charge in [-0.1, -0.05) is 72.8 Å². The molecule has 0 fully saturated rings. The molecular weight excluding hydrogens is 1680 g/mol. The van der Waals surface area contributed by atoms with E-state index in [1.165, 1.54) is 79.7 Å². The van der Waals surface area contributed by atoms with Gasteiger partial charge in [-0.05, 0) is 221 Å². The van der Waals surface area contributed by atoms with E-state index in [0.717, 1.165) is 0 Å². The van der Waals surface area contributed by atoms with Crippen LogP contribution in [0, 0.1) is 0 Å². The predicted octanol–water partition coefficient (Wildman–Crippen LogP) is 25.0. The van der Waals surface area contributed by atoms with Crippen molar-refractivity contribution in [3.05, 3.63) is 311 Å². The van der Waals surface area contributed by atoms with E-state index in [-0.39, 0.29) is 168 Å². The molecule has 0 aromatic heterocycles. The first-order valence-electron chi connectivity index (χ1n) is 42.9. The normalized spacial score (nSPS) is 13.9. The number of hydrogen-bond donors (Lipinski definition) is 0. The number of ether oxygens (including phenoxy) is 12. The van der Waals surface area contributed by atoms with Crippen molar-refractivity contribution in [3.63, 3.8) is 0 Å². The van der Waals surface area contributed by atoms with E-state index >= 15 is 0 Å². The van der Waals surface area contributed by atoms with Crippen LogP contribution in [0.4, 0.5) is 45.5 Å². The zero-order valence-corrected chi connectivity index (χ0v) is 73.9. The fraction of sp³-hybridized carbons (Fsp3) is 0.231. The van der Waals surface area contributed by atoms with Crippen LogP contribution in [-0.4, -0.2) is 74.2 Å². The maximum Gasteiger partial charge on any atom is 0.308 e. The average molecular weight is 1780 g/mol. The highest BCUT2D eigenvalue weighted by Gasteiger charge is 2.37. The molecule has 0 saturated heterocycles. The molecule has 0 amide bonds. The summed E-state index contributed by atoms with van der Waals surface area (Å²) in [6, 6.07) is 77.5. The highest BCUT2D eigenvalue weighted by atomic mass is 16.6. The third kappa shape index (κ3) is 27.0. The maximum absolute atomic E-state index is 14.1. The second-order valence-corrected chi connectivity index (χ2v) is 30.8. The lowest BCUT2D eigenvalue weighted by Crippen LogP contribution is -2.19. The van der Waals surface area contributed by atoms with E-state index in [2.05, 4.69) is 40.9 Å². The van der Waals surface area contributed by atoms with Crippen LogP contribution in [-0.2, 0) is 38.4 Å². The molecule has 0 atom stereocenters.